The van der Waals surface area contributed by atoms with Gasteiger partial charge in [0.05, 0.1) is 13.7 Å². The molecule has 3 aromatic rings. The van der Waals surface area contributed by atoms with Crippen molar-refractivity contribution in [3.63, 3.8) is 0 Å². The molecule has 1 saturated carbocycles. The van der Waals surface area contributed by atoms with Crippen LogP contribution in [0.1, 0.15) is 24.3 Å². The number of benzene rings is 1. The summed E-state index contributed by atoms with van der Waals surface area (Å²) >= 11 is 0. The Morgan fingerprint density at radius 2 is 2.00 bits per heavy atom. The maximum absolute atomic E-state index is 9.76. The largest absolute Gasteiger partial charge is 0.504 e. The van der Waals surface area contributed by atoms with Gasteiger partial charge in [0.25, 0.3) is 0 Å². The average molecular weight is 352 g/mol. The third kappa shape index (κ3) is 3.67. The summed E-state index contributed by atoms with van der Waals surface area (Å²) in [6.07, 6.45) is 5.75. The van der Waals surface area contributed by atoms with Crippen LogP contribution in [0.15, 0.2) is 47.2 Å². The lowest BCUT2D eigenvalue weighted by Gasteiger charge is -2.20. The fraction of sp³-hybridized carbons (Fsp3) is 0.316. The topological polar surface area (TPSA) is 84.5 Å². The van der Waals surface area contributed by atoms with Gasteiger partial charge in [0.15, 0.2) is 11.5 Å². The van der Waals surface area contributed by atoms with Crippen molar-refractivity contribution in [3.05, 3.63) is 54.2 Å². The molecular formula is C19H20N4O3. The molecule has 4 rings (SSSR count). The van der Waals surface area contributed by atoms with E-state index in [9.17, 15) is 5.11 Å². The van der Waals surface area contributed by atoms with Gasteiger partial charge in [0, 0.05) is 30.5 Å². The van der Waals surface area contributed by atoms with Crippen molar-refractivity contribution in [1.82, 2.24) is 20.0 Å². The smallest absolute Gasteiger partial charge is 0.241 e. The summed E-state index contributed by atoms with van der Waals surface area (Å²) in [5.41, 5.74) is 1.96. The van der Waals surface area contributed by atoms with Crippen LogP contribution in [0.3, 0.4) is 0 Å². The van der Waals surface area contributed by atoms with Crippen molar-refractivity contribution >= 4 is 0 Å². The number of hydrogen-bond acceptors (Lipinski definition) is 7. The molecule has 2 heterocycles. The van der Waals surface area contributed by atoms with E-state index in [1.807, 2.05) is 24.3 Å². The van der Waals surface area contributed by atoms with Crippen LogP contribution in [0.4, 0.5) is 0 Å². The zero-order chi connectivity index (χ0) is 17.9. The Kier molecular flexibility index (Phi) is 4.53. The van der Waals surface area contributed by atoms with Gasteiger partial charge in [-0.1, -0.05) is 11.2 Å². The zero-order valence-electron chi connectivity index (χ0n) is 14.5. The maximum atomic E-state index is 9.76. The van der Waals surface area contributed by atoms with Crippen LogP contribution in [0.5, 0.6) is 11.5 Å². The molecule has 1 aliphatic rings. The van der Waals surface area contributed by atoms with Crippen molar-refractivity contribution in [2.24, 2.45) is 0 Å². The van der Waals surface area contributed by atoms with Crippen molar-refractivity contribution in [1.29, 1.82) is 0 Å². The van der Waals surface area contributed by atoms with E-state index in [1.165, 1.54) is 12.8 Å². The second-order valence-electron chi connectivity index (χ2n) is 6.39. The number of aromatic hydroxyl groups is 1. The Bertz CT molecular complexity index is 878. The lowest BCUT2D eigenvalue weighted by molar-refractivity contribution is 0.209. The summed E-state index contributed by atoms with van der Waals surface area (Å²) in [5.74, 6) is 1.79. The molecule has 0 saturated heterocycles. The highest BCUT2D eigenvalue weighted by Gasteiger charge is 2.30. The van der Waals surface area contributed by atoms with Crippen LogP contribution >= 0.6 is 0 Å². The Labute approximate surface area is 151 Å². The highest BCUT2D eigenvalue weighted by atomic mass is 16.5. The molecule has 1 aromatic carbocycles. The van der Waals surface area contributed by atoms with Gasteiger partial charge in [-0.15, -0.1) is 0 Å². The fourth-order valence-corrected chi connectivity index (χ4v) is 2.92. The van der Waals surface area contributed by atoms with E-state index < -0.39 is 0 Å². The van der Waals surface area contributed by atoms with E-state index in [0.29, 0.717) is 30.1 Å². The molecular weight excluding hydrogens is 332 g/mol. The first kappa shape index (κ1) is 16.5. The minimum atomic E-state index is 0.146. The molecule has 7 nitrogen and oxygen atoms in total. The van der Waals surface area contributed by atoms with Crippen LogP contribution in [0.2, 0.25) is 0 Å². The van der Waals surface area contributed by atoms with E-state index in [0.717, 1.165) is 17.7 Å². The number of phenolic OH excluding ortho intramolecular Hbond substituents is 1. The molecule has 134 valence electrons. The number of phenols is 1. The molecule has 0 spiro atoms. The normalized spacial score (nSPS) is 13.9. The van der Waals surface area contributed by atoms with Crippen LogP contribution in [-0.4, -0.2) is 38.3 Å². The summed E-state index contributed by atoms with van der Waals surface area (Å²) in [4.78, 5) is 10.8. The second kappa shape index (κ2) is 7.13. The first-order valence-corrected chi connectivity index (χ1v) is 8.56. The molecule has 0 amide bonds. The van der Waals surface area contributed by atoms with Gasteiger partial charge >= 0.3 is 0 Å². The van der Waals surface area contributed by atoms with Gasteiger partial charge in [-0.2, -0.15) is 4.98 Å². The molecule has 0 radical (unpaired) electrons. The summed E-state index contributed by atoms with van der Waals surface area (Å²) in [5, 5.41) is 13.8. The molecule has 2 aromatic heterocycles. The van der Waals surface area contributed by atoms with Gasteiger partial charge in [0.1, 0.15) is 0 Å². The van der Waals surface area contributed by atoms with Crippen molar-refractivity contribution in [3.8, 4) is 22.9 Å². The van der Waals surface area contributed by atoms with Gasteiger partial charge in [-0.05, 0) is 42.7 Å². The Balaban J connectivity index is 1.49. The highest BCUT2D eigenvalue weighted by Crippen LogP contribution is 2.32. The molecule has 1 fully saturated rings. The lowest BCUT2D eigenvalue weighted by atomic mass is 10.2. The summed E-state index contributed by atoms with van der Waals surface area (Å²) in [6.45, 7) is 1.32. The first-order valence-electron chi connectivity index (χ1n) is 8.56. The predicted molar refractivity (Wildman–Crippen MR) is 94.5 cm³/mol. The van der Waals surface area contributed by atoms with Crippen molar-refractivity contribution < 1.29 is 14.4 Å². The second-order valence-corrected chi connectivity index (χ2v) is 6.39. The predicted octanol–water partition coefficient (Wildman–Crippen LogP) is 3.01. The molecule has 0 bridgehead atoms. The Morgan fingerprint density at radius 1 is 1.19 bits per heavy atom. The molecule has 0 atom stereocenters. The maximum Gasteiger partial charge on any atom is 0.241 e. The Hall–Kier alpha value is -2.93. The third-order valence-electron chi connectivity index (χ3n) is 4.44. The SMILES string of the molecule is COc1cc(CN(Cc2nc(-c3ccncc3)no2)C2CC2)ccc1O. The molecule has 26 heavy (non-hydrogen) atoms. The summed E-state index contributed by atoms with van der Waals surface area (Å²) in [7, 11) is 1.55. The zero-order valence-corrected chi connectivity index (χ0v) is 14.5. The molecule has 1 N–H and O–H groups in total. The average Bonchev–Trinajstić information content (AvgIpc) is 3.42. The summed E-state index contributed by atoms with van der Waals surface area (Å²) < 4.78 is 10.6. The van der Waals surface area contributed by atoms with E-state index >= 15 is 0 Å². The monoisotopic (exact) mass is 352 g/mol. The van der Waals surface area contributed by atoms with E-state index in [4.69, 9.17) is 9.26 Å². The quantitative estimate of drug-likeness (QED) is 0.699. The minimum absolute atomic E-state index is 0.146. The summed E-state index contributed by atoms with van der Waals surface area (Å²) in [6, 6.07) is 9.66. The van der Waals surface area contributed by atoms with E-state index in [-0.39, 0.29) is 5.75 Å². The van der Waals surface area contributed by atoms with Crippen molar-refractivity contribution in [2.75, 3.05) is 7.11 Å². The van der Waals surface area contributed by atoms with Gasteiger partial charge in [-0.25, -0.2) is 0 Å². The minimum Gasteiger partial charge on any atom is -0.504 e. The van der Waals surface area contributed by atoms with E-state index in [1.54, 1.807) is 25.6 Å². The van der Waals surface area contributed by atoms with Crippen LogP contribution in [0, 0.1) is 0 Å². The number of pyridine rings is 1. The number of aromatic nitrogens is 3. The first-order chi connectivity index (χ1) is 12.7. The standard InChI is InChI=1S/C19H20N4O3/c1-25-17-10-13(2-5-16(17)24)11-23(15-3-4-15)12-18-21-19(22-26-18)14-6-8-20-9-7-14/h2,5-10,15,24H,3-4,11-12H2,1H3. The number of methoxy groups -OCH3 is 1. The molecule has 7 heteroatoms. The lowest BCUT2D eigenvalue weighted by Crippen LogP contribution is -2.25. The highest BCUT2D eigenvalue weighted by molar-refractivity contribution is 5.52. The van der Waals surface area contributed by atoms with Crippen LogP contribution in [-0.2, 0) is 13.1 Å². The fourth-order valence-electron chi connectivity index (χ4n) is 2.92. The molecule has 0 aliphatic heterocycles. The van der Waals surface area contributed by atoms with Crippen LogP contribution < -0.4 is 4.74 Å². The van der Waals surface area contributed by atoms with Gasteiger partial charge < -0.3 is 14.4 Å². The third-order valence-corrected chi connectivity index (χ3v) is 4.44. The Morgan fingerprint density at radius 3 is 2.73 bits per heavy atom. The van der Waals surface area contributed by atoms with Gasteiger partial charge in [0.2, 0.25) is 11.7 Å². The molecule has 0 unspecified atom stereocenters. The van der Waals surface area contributed by atoms with Gasteiger partial charge in [-0.3, -0.25) is 9.88 Å². The van der Waals surface area contributed by atoms with Crippen LogP contribution in [0.25, 0.3) is 11.4 Å². The number of nitrogens with zero attached hydrogens (tertiary/aromatic N) is 4. The number of rotatable bonds is 7. The number of hydrogen-bond donors (Lipinski definition) is 1. The number of ether oxygens (including phenoxy) is 1. The van der Waals surface area contributed by atoms with Crippen molar-refractivity contribution in [2.45, 2.75) is 32.0 Å². The molecule has 1 aliphatic carbocycles. The van der Waals surface area contributed by atoms with E-state index in [2.05, 4.69) is 20.0 Å².